The van der Waals surface area contributed by atoms with Gasteiger partial charge in [-0.25, -0.2) is 8.78 Å². The molecule has 0 aliphatic carbocycles. The van der Waals surface area contributed by atoms with Crippen LogP contribution in [-0.2, 0) is 20.9 Å². The molecule has 0 spiro atoms. The summed E-state index contributed by atoms with van der Waals surface area (Å²) in [4.78, 5) is 25.2. The second-order valence-electron chi connectivity index (χ2n) is 5.91. The minimum atomic E-state index is -0.668. The van der Waals surface area contributed by atoms with Gasteiger partial charge in [-0.2, -0.15) is 0 Å². The first kappa shape index (κ1) is 17.8. The molecule has 1 fully saturated rings. The normalized spacial score (nSPS) is 16.7. The van der Waals surface area contributed by atoms with Crippen molar-refractivity contribution in [1.29, 1.82) is 0 Å². The molecular weight excluding hydrogens is 344 g/mol. The number of benzene rings is 2. The van der Waals surface area contributed by atoms with Crippen molar-refractivity contribution in [3.63, 3.8) is 0 Å². The summed E-state index contributed by atoms with van der Waals surface area (Å²) >= 11 is 0. The average Bonchev–Trinajstić information content (AvgIpc) is 3.03. The van der Waals surface area contributed by atoms with Crippen LogP contribution < -0.4 is 9.64 Å². The Balaban J connectivity index is 1.66. The van der Waals surface area contributed by atoms with Gasteiger partial charge in [-0.3, -0.25) is 9.59 Å². The molecule has 1 aliphatic rings. The summed E-state index contributed by atoms with van der Waals surface area (Å²) in [6, 6.07) is 10.1. The maximum atomic E-state index is 13.6. The molecular formula is C19H17F2NO4. The van der Waals surface area contributed by atoms with Crippen molar-refractivity contribution in [3.8, 4) is 5.75 Å². The zero-order valence-electron chi connectivity index (χ0n) is 14.1. The largest absolute Gasteiger partial charge is 0.489 e. The first-order chi connectivity index (χ1) is 12.5. The summed E-state index contributed by atoms with van der Waals surface area (Å²) < 4.78 is 37.3. The Morgan fingerprint density at radius 3 is 2.42 bits per heavy atom. The van der Waals surface area contributed by atoms with Gasteiger partial charge in [-0.1, -0.05) is 6.07 Å². The van der Waals surface area contributed by atoms with Gasteiger partial charge in [-0.05, 0) is 36.4 Å². The lowest BCUT2D eigenvalue weighted by molar-refractivity contribution is -0.145. The summed E-state index contributed by atoms with van der Waals surface area (Å²) in [5.74, 6) is -1.98. The van der Waals surface area contributed by atoms with Crippen LogP contribution in [0.15, 0.2) is 42.5 Å². The molecule has 3 rings (SSSR count). The third-order valence-electron chi connectivity index (χ3n) is 4.25. The third-order valence-corrected chi connectivity index (χ3v) is 4.25. The van der Waals surface area contributed by atoms with Gasteiger partial charge in [0.1, 0.15) is 24.0 Å². The monoisotopic (exact) mass is 361 g/mol. The maximum absolute atomic E-state index is 13.6. The van der Waals surface area contributed by atoms with E-state index in [1.54, 1.807) is 24.3 Å². The van der Waals surface area contributed by atoms with Crippen molar-refractivity contribution in [3.05, 3.63) is 59.7 Å². The highest BCUT2D eigenvalue weighted by Gasteiger charge is 2.35. The predicted molar refractivity (Wildman–Crippen MR) is 89.6 cm³/mol. The van der Waals surface area contributed by atoms with Crippen LogP contribution in [0.5, 0.6) is 5.75 Å². The lowest BCUT2D eigenvalue weighted by atomic mass is 10.1. The van der Waals surface area contributed by atoms with E-state index in [0.29, 0.717) is 11.4 Å². The number of ether oxygens (including phenoxy) is 2. The molecule has 26 heavy (non-hydrogen) atoms. The molecule has 0 aromatic heterocycles. The van der Waals surface area contributed by atoms with E-state index >= 15 is 0 Å². The molecule has 1 saturated heterocycles. The minimum absolute atomic E-state index is 0.109. The molecule has 1 unspecified atom stereocenters. The number of carbonyl (C=O) groups excluding carboxylic acids is 2. The Labute approximate surface area is 149 Å². The van der Waals surface area contributed by atoms with Crippen LogP contribution >= 0.6 is 0 Å². The summed E-state index contributed by atoms with van der Waals surface area (Å²) in [7, 11) is 1.29. The van der Waals surface area contributed by atoms with Gasteiger partial charge in [0.2, 0.25) is 5.91 Å². The number of methoxy groups -OCH3 is 1. The molecule has 2 aromatic rings. The number of rotatable bonds is 5. The lowest BCUT2D eigenvalue weighted by Gasteiger charge is -2.17. The summed E-state index contributed by atoms with van der Waals surface area (Å²) in [6.07, 6.45) is 0.109. The van der Waals surface area contributed by atoms with Crippen molar-refractivity contribution >= 4 is 17.6 Å². The first-order valence-corrected chi connectivity index (χ1v) is 8.03. The van der Waals surface area contributed by atoms with Crippen LogP contribution in [0.1, 0.15) is 12.0 Å². The highest BCUT2D eigenvalue weighted by molar-refractivity contribution is 5.99. The minimum Gasteiger partial charge on any atom is -0.489 e. The second kappa shape index (κ2) is 7.51. The van der Waals surface area contributed by atoms with Crippen molar-refractivity contribution < 1.29 is 27.8 Å². The van der Waals surface area contributed by atoms with E-state index in [2.05, 4.69) is 4.74 Å². The lowest BCUT2D eigenvalue weighted by Crippen LogP contribution is -2.26. The van der Waals surface area contributed by atoms with E-state index in [4.69, 9.17) is 4.74 Å². The molecule has 2 aromatic carbocycles. The Morgan fingerprint density at radius 1 is 1.15 bits per heavy atom. The fourth-order valence-corrected chi connectivity index (χ4v) is 2.83. The molecule has 1 heterocycles. The molecule has 136 valence electrons. The van der Waals surface area contributed by atoms with Crippen LogP contribution in [0.4, 0.5) is 14.5 Å². The zero-order valence-corrected chi connectivity index (χ0v) is 14.1. The van der Waals surface area contributed by atoms with Crippen molar-refractivity contribution in [1.82, 2.24) is 0 Å². The van der Waals surface area contributed by atoms with Crippen LogP contribution in [0.25, 0.3) is 0 Å². The van der Waals surface area contributed by atoms with E-state index < -0.39 is 23.5 Å². The second-order valence-corrected chi connectivity index (χ2v) is 5.91. The first-order valence-electron chi connectivity index (χ1n) is 8.03. The standard InChI is InChI=1S/C19H17F2NO4/c1-25-19(24)12-9-18(23)22(10-12)13-5-7-14(8-6-13)26-11-15-16(20)3-2-4-17(15)21/h2-8,12H,9-11H2,1H3. The van der Waals surface area contributed by atoms with Gasteiger partial charge in [0.25, 0.3) is 0 Å². The van der Waals surface area contributed by atoms with Gasteiger partial charge in [0.15, 0.2) is 0 Å². The van der Waals surface area contributed by atoms with Gasteiger partial charge >= 0.3 is 5.97 Å². The van der Waals surface area contributed by atoms with E-state index in [0.717, 1.165) is 0 Å². The van der Waals surface area contributed by atoms with Crippen LogP contribution in [0.3, 0.4) is 0 Å². The fraction of sp³-hybridized carbons (Fsp3) is 0.263. The Bertz CT molecular complexity index is 803. The number of carbonyl (C=O) groups is 2. The number of anilines is 1. The van der Waals surface area contributed by atoms with E-state index in [9.17, 15) is 18.4 Å². The number of nitrogens with zero attached hydrogens (tertiary/aromatic N) is 1. The SMILES string of the molecule is COC(=O)C1CC(=O)N(c2ccc(OCc3c(F)cccc3F)cc2)C1. The predicted octanol–water partition coefficient (Wildman–Crippen LogP) is 3.07. The number of halogens is 2. The highest BCUT2D eigenvalue weighted by Crippen LogP contribution is 2.27. The van der Waals surface area contributed by atoms with E-state index in [1.807, 2.05) is 0 Å². The number of hydrogen-bond acceptors (Lipinski definition) is 4. The van der Waals surface area contributed by atoms with Gasteiger partial charge in [0, 0.05) is 18.7 Å². The van der Waals surface area contributed by atoms with Crippen LogP contribution in [0, 0.1) is 17.6 Å². The Morgan fingerprint density at radius 2 is 1.81 bits per heavy atom. The summed E-state index contributed by atoms with van der Waals surface area (Å²) in [5.41, 5.74) is 0.470. The molecule has 0 radical (unpaired) electrons. The van der Waals surface area contributed by atoms with E-state index in [-0.39, 0.29) is 31.0 Å². The van der Waals surface area contributed by atoms with Gasteiger partial charge < -0.3 is 14.4 Å². The molecule has 0 N–H and O–H groups in total. The number of amides is 1. The van der Waals surface area contributed by atoms with Crippen LogP contribution in [-0.4, -0.2) is 25.5 Å². The fourth-order valence-electron chi connectivity index (χ4n) is 2.83. The molecule has 5 nitrogen and oxygen atoms in total. The number of hydrogen-bond donors (Lipinski definition) is 0. The maximum Gasteiger partial charge on any atom is 0.311 e. The summed E-state index contributed by atoms with van der Waals surface area (Å²) in [5, 5.41) is 0. The molecule has 7 heteroatoms. The van der Waals surface area contributed by atoms with Crippen molar-refractivity contribution in [2.24, 2.45) is 5.92 Å². The molecule has 1 aliphatic heterocycles. The molecule has 0 saturated carbocycles. The van der Waals surface area contributed by atoms with Crippen LogP contribution in [0.2, 0.25) is 0 Å². The van der Waals surface area contributed by atoms with Gasteiger partial charge in [0.05, 0.1) is 18.6 Å². The quantitative estimate of drug-likeness (QED) is 0.768. The molecule has 0 bridgehead atoms. The third kappa shape index (κ3) is 3.66. The Hall–Kier alpha value is -2.96. The van der Waals surface area contributed by atoms with E-state index in [1.165, 1.54) is 30.2 Å². The highest BCUT2D eigenvalue weighted by atomic mass is 19.1. The van der Waals surface area contributed by atoms with Gasteiger partial charge in [-0.15, -0.1) is 0 Å². The molecule has 1 amide bonds. The summed E-state index contributed by atoms with van der Waals surface area (Å²) in [6.45, 7) is 0.0110. The smallest absolute Gasteiger partial charge is 0.311 e. The molecule has 1 atom stereocenters. The Kier molecular flexibility index (Phi) is 5.16. The average molecular weight is 361 g/mol. The topological polar surface area (TPSA) is 55.8 Å². The zero-order chi connectivity index (χ0) is 18.7. The number of esters is 1. The van der Waals surface area contributed by atoms with Crippen molar-refractivity contribution in [2.75, 3.05) is 18.6 Å². The van der Waals surface area contributed by atoms with Crippen molar-refractivity contribution in [2.45, 2.75) is 13.0 Å².